The maximum atomic E-state index is 12.5. The van der Waals surface area contributed by atoms with Crippen molar-refractivity contribution in [3.05, 3.63) is 66.2 Å². The lowest BCUT2D eigenvalue weighted by Crippen LogP contribution is -2.31. The number of hydrogen-bond acceptors (Lipinski definition) is 1. The van der Waals surface area contributed by atoms with Crippen LogP contribution in [0.5, 0.6) is 0 Å². The van der Waals surface area contributed by atoms with E-state index < -0.39 is 0 Å². The molecule has 0 aliphatic rings. The Hall–Kier alpha value is -2.09. The Balaban J connectivity index is 0.000000956. The molecule has 2 aromatic rings. The fraction of sp³-hybridized carbons (Fsp3) is 0.278. The lowest BCUT2D eigenvalue weighted by Gasteiger charge is -2.22. The smallest absolute Gasteiger partial charge is 0.258 e. The molecule has 2 aromatic carbocycles. The van der Waals surface area contributed by atoms with Crippen molar-refractivity contribution >= 4 is 11.6 Å². The van der Waals surface area contributed by atoms with Crippen LogP contribution in [0.15, 0.2) is 60.7 Å². The van der Waals surface area contributed by atoms with Gasteiger partial charge in [0.25, 0.3) is 5.91 Å². The van der Waals surface area contributed by atoms with E-state index in [1.54, 1.807) is 0 Å². The van der Waals surface area contributed by atoms with Gasteiger partial charge in [-0.2, -0.15) is 0 Å². The van der Waals surface area contributed by atoms with E-state index in [-0.39, 0.29) is 5.91 Å². The van der Waals surface area contributed by atoms with Crippen LogP contribution < -0.4 is 4.90 Å². The molecule has 0 saturated heterocycles. The topological polar surface area (TPSA) is 20.3 Å². The molecule has 106 valence electrons. The third kappa shape index (κ3) is 4.23. The maximum absolute atomic E-state index is 12.5. The van der Waals surface area contributed by atoms with E-state index in [1.165, 1.54) is 0 Å². The van der Waals surface area contributed by atoms with Crippen LogP contribution >= 0.6 is 0 Å². The molecule has 0 aliphatic heterocycles. The summed E-state index contributed by atoms with van der Waals surface area (Å²) in [4.78, 5) is 14.3. The average Bonchev–Trinajstić information content (AvgIpc) is 2.55. The van der Waals surface area contributed by atoms with E-state index in [0.29, 0.717) is 0 Å². The van der Waals surface area contributed by atoms with Gasteiger partial charge in [0.15, 0.2) is 0 Å². The Morgan fingerprint density at radius 2 is 1.40 bits per heavy atom. The van der Waals surface area contributed by atoms with E-state index in [9.17, 15) is 4.79 Å². The molecule has 2 heteroatoms. The summed E-state index contributed by atoms with van der Waals surface area (Å²) in [6.07, 6.45) is 0.938. The van der Waals surface area contributed by atoms with Gasteiger partial charge in [-0.1, -0.05) is 57.2 Å². The summed E-state index contributed by atoms with van der Waals surface area (Å²) >= 11 is 0. The maximum Gasteiger partial charge on any atom is 0.258 e. The van der Waals surface area contributed by atoms with Gasteiger partial charge in [-0.25, -0.2) is 0 Å². The van der Waals surface area contributed by atoms with Crippen molar-refractivity contribution < 1.29 is 4.79 Å². The van der Waals surface area contributed by atoms with E-state index in [0.717, 1.165) is 24.2 Å². The molecule has 0 radical (unpaired) electrons. The third-order valence-corrected chi connectivity index (χ3v) is 2.78. The molecular weight excluding hydrogens is 246 g/mol. The second kappa shape index (κ2) is 8.92. The Morgan fingerprint density at radius 1 is 0.900 bits per heavy atom. The number of amides is 1. The van der Waals surface area contributed by atoms with Gasteiger partial charge in [0.1, 0.15) is 0 Å². The second-order valence-corrected chi connectivity index (χ2v) is 4.16. The summed E-state index contributed by atoms with van der Waals surface area (Å²) in [6, 6.07) is 19.2. The van der Waals surface area contributed by atoms with Crippen molar-refractivity contribution in [3.63, 3.8) is 0 Å². The fourth-order valence-electron chi connectivity index (χ4n) is 1.92. The first-order valence-electron chi connectivity index (χ1n) is 7.25. The number of rotatable bonds is 4. The number of hydrogen-bond donors (Lipinski definition) is 0. The van der Waals surface area contributed by atoms with E-state index in [1.807, 2.05) is 79.4 Å². The normalized spacial score (nSPS) is 9.35. The van der Waals surface area contributed by atoms with Crippen LogP contribution in [0.2, 0.25) is 0 Å². The Kier molecular flexibility index (Phi) is 7.12. The van der Waals surface area contributed by atoms with Gasteiger partial charge in [0.2, 0.25) is 0 Å². The molecule has 0 unspecified atom stereocenters. The molecule has 0 saturated carbocycles. The first-order valence-corrected chi connectivity index (χ1v) is 7.25. The molecule has 20 heavy (non-hydrogen) atoms. The van der Waals surface area contributed by atoms with E-state index >= 15 is 0 Å². The Morgan fingerprint density at radius 3 is 1.90 bits per heavy atom. The monoisotopic (exact) mass is 269 g/mol. The summed E-state index contributed by atoms with van der Waals surface area (Å²) < 4.78 is 0. The molecule has 0 N–H and O–H groups in total. The van der Waals surface area contributed by atoms with Crippen LogP contribution in [0.25, 0.3) is 0 Å². The molecule has 0 spiro atoms. The van der Waals surface area contributed by atoms with Crippen LogP contribution in [0.1, 0.15) is 37.6 Å². The molecule has 0 aromatic heterocycles. The summed E-state index contributed by atoms with van der Waals surface area (Å²) in [5.74, 6) is 0.0589. The fourth-order valence-corrected chi connectivity index (χ4v) is 1.92. The zero-order valence-electron chi connectivity index (χ0n) is 12.5. The number of anilines is 1. The highest BCUT2D eigenvalue weighted by Crippen LogP contribution is 2.17. The number of carbonyl (C=O) groups excluding carboxylic acids is 1. The van der Waals surface area contributed by atoms with Gasteiger partial charge in [-0.05, 0) is 30.7 Å². The number of nitrogens with zero attached hydrogens (tertiary/aromatic N) is 1. The summed E-state index contributed by atoms with van der Waals surface area (Å²) in [5, 5.41) is 0. The highest BCUT2D eigenvalue weighted by molar-refractivity contribution is 6.06. The van der Waals surface area contributed by atoms with Crippen molar-refractivity contribution in [2.45, 2.75) is 27.2 Å². The van der Waals surface area contributed by atoms with Crippen LogP contribution in [0.3, 0.4) is 0 Å². The average molecular weight is 269 g/mol. The predicted octanol–water partition coefficient (Wildman–Crippen LogP) is 4.77. The zero-order valence-corrected chi connectivity index (χ0v) is 12.5. The molecule has 2 rings (SSSR count). The molecule has 0 atom stereocenters. The zero-order chi connectivity index (χ0) is 14.8. The van der Waals surface area contributed by atoms with Gasteiger partial charge >= 0.3 is 0 Å². The number of para-hydroxylation sites is 1. The summed E-state index contributed by atoms with van der Waals surface area (Å²) in [6.45, 7) is 6.81. The van der Waals surface area contributed by atoms with Crippen LogP contribution in [0, 0.1) is 0 Å². The lowest BCUT2D eigenvalue weighted by atomic mass is 10.1. The highest BCUT2D eigenvalue weighted by Gasteiger charge is 2.15. The minimum atomic E-state index is 0.0589. The largest absolute Gasteiger partial charge is 0.308 e. The lowest BCUT2D eigenvalue weighted by molar-refractivity contribution is 0.0987. The SMILES string of the molecule is CC.CCCN(C(=O)c1ccccc1)c1ccccc1. The van der Waals surface area contributed by atoms with E-state index in [2.05, 4.69) is 6.92 Å². The molecule has 0 fully saturated rings. The second-order valence-electron chi connectivity index (χ2n) is 4.16. The van der Waals surface area contributed by atoms with Crippen molar-refractivity contribution in [2.24, 2.45) is 0 Å². The highest BCUT2D eigenvalue weighted by atomic mass is 16.2. The van der Waals surface area contributed by atoms with Crippen LogP contribution in [0.4, 0.5) is 5.69 Å². The number of carbonyl (C=O) groups is 1. The summed E-state index contributed by atoms with van der Waals surface area (Å²) in [5.41, 5.74) is 1.68. The van der Waals surface area contributed by atoms with Gasteiger partial charge in [0.05, 0.1) is 0 Å². The number of benzene rings is 2. The minimum absolute atomic E-state index is 0.0589. The third-order valence-electron chi connectivity index (χ3n) is 2.78. The van der Waals surface area contributed by atoms with E-state index in [4.69, 9.17) is 0 Å². The standard InChI is InChI=1S/C16H17NO.C2H6/c1-2-13-17(15-11-7-4-8-12-15)16(18)14-9-5-3-6-10-14;1-2/h3-12H,2,13H2,1H3;1-2H3. The molecule has 0 bridgehead atoms. The molecule has 1 amide bonds. The van der Waals surface area contributed by atoms with Gasteiger partial charge in [-0.3, -0.25) is 4.79 Å². The Labute approximate surface area is 122 Å². The van der Waals surface area contributed by atoms with Gasteiger partial charge in [-0.15, -0.1) is 0 Å². The van der Waals surface area contributed by atoms with Gasteiger partial charge in [0, 0.05) is 17.8 Å². The van der Waals surface area contributed by atoms with Gasteiger partial charge < -0.3 is 4.90 Å². The molecular formula is C18H23NO. The first kappa shape index (κ1) is 16.0. The van der Waals surface area contributed by atoms with Crippen molar-refractivity contribution in [1.29, 1.82) is 0 Å². The quantitative estimate of drug-likeness (QED) is 0.783. The molecule has 0 aliphatic carbocycles. The Bertz CT molecular complexity index is 493. The van der Waals surface area contributed by atoms with Crippen LogP contribution in [-0.2, 0) is 0 Å². The van der Waals surface area contributed by atoms with Crippen molar-refractivity contribution in [3.8, 4) is 0 Å². The minimum Gasteiger partial charge on any atom is -0.308 e. The first-order chi connectivity index (χ1) is 9.83. The predicted molar refractivity (Wildman–Crippen MR) is 86.2 cm³/mol. The molecule has 0 heterocycles. The van der Waals surface area contributed by atoms with Crippen molar-refractivity contribution in [1.82, 2.24) is 0 Å². The molecule has 2 nitrogen and oxygen atoms in total. The van der Waals surface area contributed by atoms with Crippen LogP contribution in [-0.4, -0.2) is 12.5 Å². The van der Waals surface area contributed by atoms with Crippen molar-refractivity contribution in [2.75, 3.05) is 11.4 Å². The summed E-state index contributed by atoms with van der Waals surface area (Å²) in [7, 11) is 0.